The fourth-order valence-corrected chi connectivity index (χ4v) is 2.44. The second-order valence-electron chi connectivity index (χ2n) is 2.92. The molecule has 2 aromatic rings. The second-order valence-corrected chi connectivity index (χ2v) is 5.11. The lowest BCUT2D eigenvalue weighted by molar-refractivity contribution is 1.33. The van der Waals surface area contributed by atoms with Gasteiger partial charge in [-0.2, -0.15) is 0 Å². The summed E-state index contributed by atoms with van der Waals surface area (Å²) >= 11 is 18.5. The highest BCUT2D eigenvalue weighted by Crippen LogP contribution is 2.23. The van der Waals surface area contributed by atoms with E-state index in [1.807, 2.05) is 17.5 Å². The highest BCUT2D eigenvalue weighted by molar-refractivity contribution is 7.81. The monoisotopic (exact) mass is 288 g/mol. The van der Waals surface area contributed by atoms with Crippen molar-refractivity contribution in [1.82, 2.24) is 4.98 Å². The Morgan fingerprint density at radius 2 is 2.25 bits per heavy atom. The first-order valence-corrected chi connectivity index (χ1v) is 6.37. The van der Waals surface area contributed by atoms with Crippen molar-refractivity contribution in [3.05, 3.63) is 44.7 Å². The summed E-state index contributed by atoms with van der Waals surface area (Å²) in [5.41, 5.74) is 0. The van der Waals surface area contributed by atoms with Crippen LogP contribution in [0.15, 0.2) is 29.8 Å². The lowest BCUT2D eigenvalue weighted by Gasteiger charge is -2.06. The largest absolute Gasteiger partial charge is 0.329 e. The van der Waals surface area contributed by atoms with E-state index in [2.05, 4.69) is 10.3 Å². The topological polar surface area (TPSA) is 24.9 Å². The van der Waals surface area contributed by atoms with Crippen molar-refractivity contribution in [1.29, 1.82) is 0 Å². The molecule has 0 aliphatic carbocycles. The van der Waals surface area contributed by atoms with E-state index >= 15 is 0 Å². The second kappa shape index (κ2) is 5.10. The van der Waals surface area contributed by atoms with E-state index in [0.717, 1.165) is 4.88 Å². The first-order valence-electron chi connectivity index (χ1n) is 4.33. The average Bonchev–Trinajstić information content (AvgIpc) is 2.75. The van der Waals surface area contributed by atoms with Crippen molar-refractivity contribution in [3.8, 4) is 0 Å². The molecule has 2 rings (SSSR count). The molecule has 6 heteroatoms. The van der Waals surface area contributed by atoms with Crippen LogP contribution in [0.1, 0.15) is 4.88 Å². The third-order valence-electron chi connectivity index (χ3n) is 1.78. The van der Waals surface area contributed by atoms with Crippen LogP contribution >= 0.6 is 46.8 Å². The molecule has 0 aromatic carbocycles. The lowest BCUT2D eigenvalue weighted by atomic mass is 10.4. The Labute approximate surface area is 112 Å². The fraction of sp³-hybridized carbons (Fsp3) is 0. The van der Waals surface area contributed by atoms with Crippen molar-refractivity contribution in [2.24, 2.45) is 0 Å². The molecule has 0 spiro atoms. The number of nitrogens with one attached hydrogen (secondary N) is 1. The van der Waals surface area contributed by atoms with Gasteiger partial charge in [0, 0.05) is 6.20 Å². The van der Waals surface area contributed by atoms with Crippen LogP contribution in [0, 0.1) is 0 Å². The first kappa shape index (κ1) is 11.8. The number of nitrogens with zero attached hydrogens (tertiary/aromatic N) is 1. The molecule has 16 heavy (non-hydrogen) atoms. The van der Waals surface area contributed by atoms with Gasteiger partial charge in [-0.3, -0.25) is 0 Å². The number of halogens is 2. The van der Waals surface area contributed by atoms with Gasteiger partial charge in [0.25, 0.3) is 0 Å². The van der Waals surface area contributed by atoms with Gasteiger partial charge in [-0.15, -0.1) is 11.3 Å². The molecule has 0 aliphatic heterocycles. The summed E-state index contributed by atoms with van der Waals surface area (Å²) < 4.78 is 0. The number of aromatic nitrogens is 1. The molecule has 1 N–H and O–H groups in total. The molecular formula is C10H6Cl2N2S2. The Balaban J connectivity index is 2.18. The molecule has 82 valence electrons. The zero-order valence-corrected chi connectivity index (χ0v) is 11.1. The standard InChI is InChI=1S/C10H6Cl2N2S2/c11-6-4-7(12)9(13-5-6)14-10(15)8-2-1-3-16-8/h1-5H,(H,13,14,15). The van der Waals surface area contributed by atoms with E-state index < -0.39 is 0 Å². The Kier molecular flexibility index (Phi) is 3.76. The molecule has 2 aromatic heterocycles. The average molecular weight is 289 g/mol. The van der Waals surface area contributed by atoms with Crippen LogP contribution in [0.2, 0.25) is 10.0 Å². The van der Waals surface area contributed by atoms with Crippen LogP contribution in [-0.4, -0.2) is 9.97 Å². The van der Waals surface area contributed by atoms with E-state index in [-0.39, 0.29) is 0 Å². The van der Waals surface area contributed by atoms with Crippen LogP contribution in [-0.2, 0) is 0 Å². The summed E-state index contributed by atoms with van der Waals surface area (Å²) in [6, 6.07) is 5.49. The predicted octanol–water partition coefficient (Wildman–Crippen LogP) is 4.24. The molecule has 0 radical (unpaired) electrons. The van der Waals surface area contributed by atoms with Gasteiger partial charge in [-0.1, -0.05) is 41.5 Å². The van der Waals surface area contributed by atoms with Gasteiger partial charge in [-0.05, 0) is 17.5 Å². The van der Waals surface area contributed by atoms with Crippen molar-refractivity contribution in [2.75, 3.05) is 5.32 Å². The van der Waals surface area contributed by atoms with Gasteiger partial charge < -0.3 is 5.32 Å². The molecular weight excluding hydrogens is 283 g/mol. The maximum atomic E-state index is 5.97. The van der Waals surface area contributed by atoms with Crippen LogP contribution in [0.4, 0.5) is 5.82 Å². The lowest BCUT2D eigenvalue weighted by Crippen LogP contribution is -2.10. The number of pyridine rings is 1. The van der Waals surface area contributed by atoms with Gasteiger partial charge in [0.2, 0.25) is 0 Å². The van der Waals surface area contributed by atoms with Crippen LogP contribution < -0.4 is 5.32 Å². The number of thiophene rings is 1. The van der Waals surface area contributed by atoms with Gasteiger partial charge in [0.15, 0.2) is 0 Å². The molecule has 0 saturated heterocycles. The van der Waals surface area contributed by atoms with Gasteiger partial charge in [0.05, 0.1) is 14.9 Å². The molecule has 0 aliphatic rings. The maximum Gasteiger partial charge on any atom is 0.149 e. The molecule has 0 amide bonds. The number of anilines is 1. The van der Waals surface area contributed by atoms with E-state index in [1.54, 1.807) is 17.4 Å². The third kappa shape index (κ3) is 2.71. The Bertz CT molecular complexity index is 512. The van der Waals surface area contributed by atoms with Crippen molar-refractivity contribution >= 4 is 57.6 Å². The maximum absolute atomic E-state index is 5.97. The fourth-order valence-electron chi connectivity index (χ4n) is 1.08. The molecule has 0 saturated carbocycles. The van der Waals surface area contributed by atoms with Gasteiger partial charge >= 0.3 is 0 Å². The Morgan fingerprint density at radius 1 is 1.44 bits per heavy atom. The number of rotatable bonds is 2. The van der Waals surface area contributed by atoms with Crippen LogP contribution in [0.5, 0.6) is 0 Å². The SMILES string of the molecule is S=C(Nc1ncc(Cl)cc1Cl)c1cccs1. The smallest absolute Gasteiger partial charge is 0.149 e. The first-order chi connectivity index (χ1) is 7.66. The van der Waals surface area contributed by atoms with Crippen molar-refractivity contribution < 1.29 is 0 Å². The van der Waals surface area contributed by atoms with Gasteiger partial charge in [-0.25, -0.2) is 4.98 Å². The minimum Gasteiger partial charge on any atom is -0.329 e. The minimum absolute atomic E-state index is 0.450. The van der Waals surface area contributed by atoms with Crippen molar-refractivity contribution in [3.63, 3.8) is 0 Å². The number of thiocarbonyl (C=S) groups is 1. The van der Waals surface area contributed by atoms with E-state index in [4.69, 9.17) is 35.4 Å². The minimum atomic E-state index is 0.450. The summed E-state index contributed by atoms with van der Waals surface area (Å²) in [5, 5.41) is 5.89. The summed E-state index contributed by atoms with van der Waals surface area (Å²) in [6.45, 7) is 0. The van der Waals surface area contributed by atoms with Crippen LogP contribution in [0.3, 0.4) is 0 Å². The third-order valence-corrected chi connectivity index (χ3v) is 3.62. The van der Waals surface area contributed by atoms with Crippen LogP contribution in [0.25, 0.3) is 0 Å². The molecule has 0 unspecified atom stereocenters. The quantitative estimate of drug-likeness (QED) is 0.837. The molecule has 0 fully saturated rings. The van der Waals surface area contributed by atoms with Gasteiger partial charge in [0.1, 0.15) is 10.8 Å². The molecule has 2 heterocycles. The molecule has 2 nitrogen and oxygen atoms in total. The zero-order valence-electron chi connectivity index (χ0n) is 7.91. The van der Waals surface area contributed by atoms with E-state index in [9.17, 15) is 0 Å². The highest BCUT2D eigenvalue weighted by atomic mass is 35.5. The Hall–Kier alpha value is -0.680. The summed E-state index contributed by atoms with van der Waals surface area (Å²) in [7, 11) is 0. The number of hydrogen-bond acceptors (Lipinski definition) is 3. The summed E-state index contributed by atoms with van der Waals surface area (Å²) in [4.78, 5) is 5.65. The highest BCUT2D eigenvalue weighted by Gasteiger charge is 2.07. The normalized spacial score (nSPS) is 10.1. The summed E-state index contributed by atoms with van der Waals surface area (Å²) in [5.74, 6) is 0.518. The molecule has 0 atom stereocenters. The predicted molar refractivity (Wildman–Crippen MR) is 73.9 cm³/mol. The van der Waals surface area contributed by atoms with E-state index in [0.29, 0.717) is 20.9 Å². The Morgan fingerprint density at radius 3 is 2.88 bits per heavy atom. The summed E-state index contributed by atoms with van der Waals surface area (Å²) in [6.07, 6.45) is 1.52. The van der Waals surface area contributed by atoms with E-state index in [1.165, 1.54) is 6.20 Å². The zero-order chi connectivity index (χ0) is 11.5. The number of hydrogen-bond donors (Lipinski definition) is 1. The molecule has 0 bridgehead atoms. The van der Waals surface area contributed by atoms with Crippen molar-refractivity contribution in [2.45, 2.75) is 0 Å².